The molecule has 2 unspecified atom stereocenters. The van der Waals surface area contributed by atoms with Crippen LogP contribution >= 0.6 is 0 Å². The molecule has 0 spiro atoms. The Hall–Kier alpha value is -2.24. The van der Waals surface area contributed by atoms with Gasteiger partial charge in [0.1, 0.15) is 11.2 Å². The van der Waals surface area contributed by atoms with E-state index < -0.39 is 17.3 Å². The predicted octanol–water partition coefficient (Wildman–Crippen LogP) is 3.91. The van der Waals surface area contributed by atoms with Gasteiger partial charge >= 0.3 is 12.2 Å². The third kappa shape index (κ3) is 5.93. The molecule has 0 bridgehead atoms. The number of likely N-dealkylation sites (tertiary alicyclic amines) is 1. The van der Waals surface area contributed by atoms with Gasteiger partial charge in [-0.3, -0.25) is 0 Å². The van der Waals surface area contributed by atoms with Crippen LogP contribution in [0.3, 0.4) is 0 Å². The molecule has 1 aliphatic rings. The van der Waals surface area contributed by atoms with Crippen LogP contribution in [-0.2, 0) is 9.47 Å². The van der Waals surface area contributed by atoms with Crippen LogP contribution in [0.1, 0.15) is 53.0 Å². The van der Waals surface area contributed by atoms with E-state index in [9.17, 15) is 9.59 Å². The molecule has 0 aromatic heterocycles. The van der Waals surface area contributed by atoms with Gasteiger partial charge in [0.2, 0.25) is 0 Å². The van der Waals surface area contributed by atoms with Gasteiger partial charge in [0.25, 0.3) is 0 Å². The van der Waals surface area contributed by atoms with Crippen LogP contribution in [0, 0.1) is 0 Å². The zero-order valence-electron chi connectivity index (χ0n) is 16.5. The molecule has 2 atom stereocenters. The van der Waals surface area contributed by atoms with Crippen LogP contribution in [0.4, 0.5) is 9.59 Å². The van der Waals surface area contributed by atoms with E-state index in [1.54, 1.807) is 4.90 Å². The van der Waals surface area contributed by atoms with Gasteiger partial charge in [0.15, 0.2) is 0 Å². The first-order chi connectivity index (χ1) is 11.9. The van der Waals surface area contributed by atoms with E-state index in [0.717, 1.165) is 5.56 Å². The number of hydrogen-bond donors (Lipinski definition) is 1. The first-order valence-corrected chi connectivity index (χ1v) is 8.97. The van der Waals surface area contributed by atoms with Crippen molar-refractivity contribution in [2.45, 2.75) is 64.7 Å². The molecule has 6 heteroatoms. The molecule has 1 aliphatic heterocycles. The fraction of sp³-hybridized carbons (Fsp3) is 0.600. The van der Waals surface area contributed by atoms with Gasteiger partial charge in [-0.05, 0) is 47.1 Å². The molecule has 1 N–H and O–H groups in total. The Balaban J connectivity index is 2.14. The highest BCUT2D eigenvalue weighted by Crippen LogP contribution is 2.29. The summed E-state index contributed by atoms with van der Waals surface area (Å²) in [5.74, 6) is -0.0174. The number of nitrogens with zero attached hydrogens (tertiary/aromatic N) is 1. The molecule has 1 aromatic rings. The molecule has 1 aromatic carbocycles. The average Bonchev–Trinajstić information content (AvgIpc) is 2.88. The minimum absolute atomic E-state index is 0.0174. The molecule has 2 rings (SSSR count). The Labute approximate surface area is 155 Å². The molecule has 2 amide bonds. The van der Waals surface area contributed by atoms with Crippen molar-refractivity contribution in [3.63, 3.8) is 0 Å². The van der Waals surface area contributed by atoms with E-state index in [0.29, 0.717) is 13.1 Å². The van der Waals surface area contributed by atoms with Crippen LogP contribution in [0.15, 0.2) is 30.3 Å². The van der Waals surface area contributed by atoms with Crippen molar-refractivity contribution in [1.29, 1.82) is 0 Å². The highest BCUT2D eigenvalue weighted by atomic mass is 16.6. The van der Waals surface area contributed by atoms with E-state index >= 15 is 0 Å². The Morgan fingerprint density at radius 1 is 0.962 bits per heavy atom. The Kier molecular flexibility index (Phi) is 5.84. The largest absolute Gasteiger partial charge is 0.444 e. The summed E-state index contributed by atoms with van der Waals surface area (Å²) >= 11 is 0. The normalized spacial score (nSPS) is 20.6. The summed E-state index contributed by atoms with van der Waals surface area (Å²) < 4.78 is 10.9. The lowest BCUT2D eigenvalue weighted by molar-refractivity contribution is 0.0281. The van der Waals surface area contributed by atoms with Gasteiger partial charge in [0, 0.05) is 19.0 Å². The van der Waals surface area contributed by atoms with Crippen LogP contribution < -0.4 is 5.32 Å². The van der Waals surface area contributed by atoms with Crippen LogP contribution in [0.5, 0.6) is 0 Å². The van der Waals surface area contributed by atoms with Crippen LogP contribution in [0.25, 0.3) is 0 Å². The number of carbonyl (C=O) groups excluding carboxylic acids is 2. The maximum absolute atomic E-state index is 12.5. The number of hydrogen-bond acceptors (Lipinski definition) is 4. The fourth-order valence-electron chi connectivity index (χ4n) is 2.92. The molecule has 0 saturated carbocycles. The van der Waals surface area contributed by atoms with Crippen molar-refractivity contribution in [2.24, 2.45) is 0 Å². The molecule has 6 nitrogen and oxygen atoms in total. The van der Waals surface area contributed by atoms with E-state index in [1.807, 2.05) is 71.9 Å². The minimum atomic E-state index is -0.574. The van der Waals surface area contributed by atoms with Crippen molar-refractivity contribution >= 4 is 12.2 Å². The van der Waals surface area contributed by atoms with Crippen LogP contribution in [0.2, 0.25) is 0 Å². The number of amides is 2. The molecule has 0 aliphatic carbocycles. The van der Waals surface area contributed by atoms with E-state index in [1.165, 1.54) is 0 Å². The summed E-state index contributed by atoms with van der Waals surface area (Å²) in [6, 6.07) is 9.63. The topological polar surface area (TPSA) is 67.9 Å². The Morgan fingerprint density at radius 3 is 2.08 bits per heavy atom. The number of benzene rings is 1. The standard InChI is InChI=1S/C20H30N2O4/c1-19(2,3)25-17(23)21-16-13-22(18(24)26-20(4,5)6)12-15(16)14-10-8-7-9-11-14/h7-11,15-16H,12-13H2,1-6H3,(H,21,23). The van der Waals surface area contributed by atoms with Gasteiger partial charge in [-0.25, -0.2) is 9.59 Å². The Morgan fingerprint density at radius 2 is 1.54 bits per heavy atom. The molecule has 0 radical (unpaired) electrons. The minimum Gasteiger partial charge on any atom is -0.444 e. The summed E-state index contributed by atoms with van der Waals surface area (Å²) in [5, 5.41) is 2.92. The van der Waals surface area contributed by atoms with Crippen LogP contribution in [-0.4, -0.2) is 47.4 Å². The van der Waals surface area contributed by atoms with Crippen molar-refractivity contribution in [3.05, 3.63) is 35.9 Å². The first kappa shape index (κ1) is 20.1. The summed E-state index contributed by atoms with van der Waals surface area (Å²) in [7, 11) is 0. The second-order valence-electron chi connectivity index (χ2n) is 8.66. The van der Waals surface area contributed by atoms with E-state index in [2.05, 4.69) is 5.32 Å². The molecule has 1 fully saturated rings. The summed E-state index contributed by atoms with van der Waals surface area (Å²) in [6.45, 7) is 11.9. The maximum atomic E-state index is 12.5. The van der Waals surface area contributed by atoms with Crippen molar-refractivity contribution < 1.29 is 19.1 Å². The lowest BCUT2D eigenvalue weighted by Crippen LogP contribution is -2.43. The quantitative estimate of drug-likeness (QED) is 0.866. The first-order valence-electron chi connectivity index (χ1n) is 8.97. The number of rotatable bonds is 2. The highest BCUT2D eigenvalue weighted by molar-refractivity contribution is 5.71. The number of alkyl carbamates (subject to hydrolysis) is 1. The monoisotopic (exact) mass is 362 g/mol. The second kappa shape index (κ2) is 7.56. The molecule has 1 saturated heterocycles. The predicted molar refractivity (Wildman–Crippen MR) is 100 cm³/mol. The van der Waals surface area contributed by atoms with Gasteiger partial charge in [0.05, 0.1) is 6.04 Å². The summed E-state index contributed by atoms with van der Waals surface area (Å²) in [5.41, 5.74) is -0.0641. The number of nitrogens with one attached hydrogen (secondary N) is 1. The zero-order valence-corrected chi connectivity index (χ0v) is 16.5. The van der Waals surface area contributed by atoms with Gasteiger partial charge in [-0.2, -0.15) is 0 Å². The maximum Gasteiger partial charge on any atom is 0.410 e. The van der Waals surface area contributed by atoms with Gasteiger partial charge in [-0.15, -0.1) is 0 Å². The van der Waals surface area contributed by atoms with E-state index in [4.69, 9.17) is 9.47 Å². The summed E-state index contributed by atoms with van der Waals surface area (Å²) in [4.78, 5) is 26.3. The smallest absolute Gasteiger partial charge is 0.410 e. The average molecular weight is 362 g/mol. The number of ether oxygens (including phenoxy) is 2. The molecular formula is C20H30N2O4. The van der Waals surface area contributed by atoms with Crippen molar-refractivity contribution in [2.75, 3.05) is 13.1 Å². The molecule has 144 valence electrons. The summed E-state index contributed by atoms with van der Waals surface area (Å²) in [6.07, 6.45) is -0.846. The highest BCUT2D eigenvalue weighted by Gasteiger charge is 2.39. The van der Waals surface area contributed by atoms with Crippen molar-refractivity contribution in [3.8, 4) is 0 Å². The third-order valence-corrected chi connectivity index (χ3v) is 3.90. The van der Waals surface area contributed by atoms with E-state index in [-0.39, 0.29) is 18.1 Å². The zero-order chi connectivity index (χ0) is 19.5. The lowest BCUT2D eigenvalue weighted by atomic mass is 9.94. The Bertz CT molecular complexity index is 631. The third-order valence-electron chi connectivity index (χ3n) is 3.90. The molecule has 26 heavy (non-hydrogen) atoms. The fourth-order valence-corrected chi connectivity index (χ4v) is 2.92. The van der Waals surface area contributed by atoms with Gasteiger partial charge < -0.3 is 19.7 Å². The molecular weight excluding hydrogens is 332 g/mol. The second-order valence-corrected chi connectivity index (χ2v) is 8.66. The van der Waals surface area contributed by atoms with Gasteiger partial charge in [-0.1, -0.05) is 30.3 Å². The SMILES string of the molecule is CC(C)(C)OC(=O)NC1CN(C(=O)OC(C)(C)C)CC1c1ccccc1. The molecule has 1 heterocycles. The number of carbonyl (C=O) groups is 2. The lowest BCUT2D eigenvalue weighted by Gasteiger charge is -2.25. The van der Waals surface area contributed by atoms with Crippen molar-refractivity contribution in [1.82, 2.24) is 10.2 Å².